The number of hydrogen-bond acceptors (Lipinski definition) is 4. The maximum Gasteiger partial charge on any atom is 0.224 e. The fourth-order valence-electron chi connectivity index (χ4n) is 2.84. The van der Waals surface area contributed by atoms with Gasteiger partial charge in [-0.1, -0.05) is 17.4 Å². The van der Waals surface area contributed by atoms with Crippen molar-refractivity contribution in [1.82, 2.24) is 10.3 Å². The number of aryl methyl sites for hydroxylation is 1. The van der Waals surface area contributed by atoms with Crippen LogP contribution in [0.3, 0.4) is 0 Å². The number of nitrogens with zero attached hydrogens (tertiary/aromatic N) is 2. The Balaban J connectivity index is 1.79. The molecule has 1 atom stereocenters. The molecular weight excluding hydrogens is 282 g/mol. The molecule has 0 radical (unpaired) electrons. The minimum absolute atomic E-state index is 0.0902. The van der Waals surface area contributed by atoms with Crippen molar-refractivity contribution in [2.75, 3.05) is 24.5 Å². The van der Waals surface area contributed by atoms with E-state index in [1.807, 2.05) is 6.92 Å². The number of nitrogens with one attached hydrogen (secondary N) is 1. The standard InChI is InChI=1S/C16H21N3OS/c1-3-17-15(20)12-5-4-8-19(10-12)16-18-13-7-6-11(2)9-14(13)21-16/h6-7,9,12H,3-5,8,10H2,1-2H3,(H,17,20). The number of piperidine rings is 1. The maximum absolute atomic E-state index is 12.0. The molecule has 2 aromatic rings. The molecule has 112 valence electrons. The summed E-state index contributed by atoms with van der Waals surface area (Å²) in [5, 5.41) is 3.98. The minimum atomic E-state index is 0.0902. The highest BCUT2D eigenvalue weighted by atomic mass is 32.1. The van der Waals surface area contributed by atoms with Crippen LogP contribution in [0, 0.1) is 12.8 Å². The Morgan fingerprint density at radius 3 is 3.19 bits per heavy atom. The molecule has 1 aromatic heterocycles. The minimum Gasteiger partial charge on any atom is -0.356 e. The second-order valence-corrected chi connectivity index (χ2v) is 6.66. The number of benzene rings is 1. The Bertz CT molecular complexity index is 652. The Hall–Kier alpha value is -1.62. The van der Waals surface area contributed by atoms with Crippen LogP contribution in [0.5, 0.6) is 0 Å². The van der Waals surface area contributed by atoms with Crippen molar-refractivity contribution in [3.63, 3.8) is 0 Å². The normalized spacial score (nSPS) is 19.0. The van der Waals surface area contributed by atoms with Gasteiger partial charge in [0.15, 0.2) is 5.13 Å². The van der Waals surface area contributed by atoms with Gasteiger partial charge in [-0.25, -0.2) is 4.98 Å². The van der Waals surface area contributed by atoms with Crippen molar-refractivity contribution in [3.05, 3.63) is 23.8 Å². The van der Waals surface area contributed by atoms with Crippen molar-refractivity contribution in [3.8, 4) is 0 Å². The van der Waals surface area contributed by atoms with Crippen LogP contribution in [-0.2, 0) is 4.79 Å². The van der Waals surface area contributed by atoms with E-state index in [4.69, 9.17) is 4.98 Å². The molecule has 1 N–H and O–H groups in total. The monoisotopic (exact) mass is 303 g/mol. The first kappa shape index (κ1) is 14.3. The molecule has 0 spiro atoms. The highest BCUT2D eigenvalue weighted by Crippen LogP contribution is 2.32. The fourth-order valence-corrected chi connectivity index (χ4v) is 3.94. The fraction of sp³-hybridized carbons (Fsp3) is 0.500. The van der Waals surface area contributed by atoms with Crippen LogP contribution in [-0.4, -0.2) is 30.5 Å². The lowest BCUT2D eigenvalue weighted by molar-refractivity contribution is -0.125. The first-order valence-corrected chi connectivity index (χ1v) is 8.39. The molecule has 3 rings (SSSR count). The van der Waals surface area contributed by atoms with E-state index in [1.54, 1.807) is 11.3 Å². The van der Waals surface area contributed by atoms with E-state index in [9.17, 15) is 4.79 Å². The molecule has 0 bridgehead atoms. The predicted molar refractivity (Wildman–Crippen MR) is 88.0 cm³/mol. The van der Waals surface area contributed by atoms with Gasteiger partial charge in [-0.3, -0.25) is 4.79 Å². The Kier molecular flexibility index (Phi) is 4.10. The van der Waals surface area contributed by atoms with Gasteiger partial charge in [0.05, 0.1) is 16.1 Å². The van der Waals surface area contributed by atoms with Gasteiger partial charge < -0.3 is 10.2 Å². The maximum atomic E-state index is 12.0. The largest absolute Gasteiger partial charge is 0.356 e. The zero-order valence-electron chi connectivity index (χ0n) is 12.6. The average molecular weight is 303 g/mol. The molecule has 4 nitrogen and oxygen atoms in total. The Morgan fingerprint density at radius 2 is 2.38 bits per heavy atom. The van der Waals surface area contributed by atoms with E-state index in [2.05, 4.69) is 35.3 Å². The lowest BCUT2D eigenvalue weighted by Crippen LogP contribution is -2.43. The summed E-state index contributed by atoms with van der Waals surface area (Å²) in [5.41, 5.74) is 2.32. The van der Waals surface area contributed by atoms with Crippen LogP contribution < -0.4 is 10.2 Å². The van der Waals surface area contributed by atoms with E-state index in [0.717, 1.165) is 36.6 Å². The lowest BCUT2D eigenvalue weighted by Gasteiger charge is -2.31. The van der Waals surface area contributed by atoms with Crippen molar-refractivity contribution < 1.29 is 4.79 Å². The predicted octanol–water partition coefficient (Wildman–Crippen LogP) is 2.96. The van der Waals surface area contributed by atoms with Gasteiger partial charge in [-0.2, -0.15) is 0 Å². The first-order chi connectivity index (χ1) is 10.2. The summed E-state index contributed by atoms with van der Waals surface area (Å²) in [6.07, 6.45) is 2.03. The van der Waals surface area contributed by atoms with Gasteiger partial charge in [-0.05, 0) is 44.4 Å². The molecule has 2 heterocycles. The number of anilines is 1. The third-order valence-corrected chi connectivity index (χ3v) is 5.03. The topological polar surface area (TPSA) is 45.2 Å². The van der Waals surface area contributed by atoms with Crippen LogP contribution in [0.1, 0.15) is 25.3 Å². The third-order valence-electron chi connectivity index (χ3n) is 3.95. The van der Waals surface area contributed by atoms with Crippen molar-refractivity contribution >= 4 is 32.6 Å². The molecule has 1 aliphatic heterocycles. The molecule has 1 fully saturated rings. The summed E-state index contributed by atoms with van der Waals surface area (Å²) < 4.78 is 1.23. The molecular formula is C16H21N3OS. The first-order valence-electron chi connectivity index (χ1n) is 7.57. The number of rotatable bonds is 3. The molecule has 1 aromatic carbocycles. The number of hydrogen-bond donors (Lipinski definition) is 1. The Morgan fingerprint density at radius 1 is 1.52 bits per heavy atom. The quantitative estimate of drug-likeness (QED) is 0.948. The van der Waals surface area contributed by atoms with Gasteiger partial charge in [0.25, 0.3) is 0 Å². The molecule has 0 saturated carbocycles. The summed E-state index contributed by atoms with van der Waals surface area (Å²) in [5.74, 6) is 0.270. The van der Waals surface area contributed by atoms with Gasteiger partial charge in [0, 0.05) is 19.6 Å². The van der Waals surface area contributed by atoms with E-state index < -0.39 is 0 Å². The summed E-state index contributed by atoms with van der Waals surface area (Å²) in [6, 6.07) is 6.36. The average Bonchev–Trinajstić information content (AvgIpc) is 2.90. The number of amides is 1. The van der Waals surface area contributed by atoms with Crippen LogP contribution >= 0.6 is 11.3 Å². The summed E-state index contributed by atoms with van der Waals surface area (Å²) in [4.78, 5) is 19.0. The number of carbonyl (C=O) groups excluding carboxylic acids is 1. The molecule has 1 saturated heterocycles. The van der Waals surface area contributed by atoms with Gasteiger partial charge in [0.2, 0.25) is 5.91 Å². The zero-order valence-corrected chi connectivity index (χ0v) is 13.4. The molecule has 1 amide bonds. The SMILES string of the molecule is CCNC(=O)C1CCCN(c2nc3ccc(C)cc3s2)C1. The van der Waals surface area contributed by atoms with E-state index in [0.29, 0.717) is 6.54 Å². The van der Waals surface area contributed by atoms with E-state index in [1.165, 1.54) is 10.3 Å². The van der Waals surface area contributed by atoms with Gasteiger partial charge in [0.1, 0.15) is 0 Å². The number of fused-ring (bicyclic) bond motifs is 1. The van der Waals surface area contributed by atoms with Crippen LogP contribution in [0.25, 0.3) is 10.2 Å². The van der Waals surface area contributed by atoms with Crippen molar-refractivity contribution in [1.29, 1.82) is 0 Å². The van der Waals surface area contributed by atoms with E-state index >= 15 is 0 Å². The lowest BCUT2D eigenvalue weighted by atomic mass is 9.97. The number of aromatic nitrogens is 1. The van der Waals surface area contributed by atoms with Crippen molar-refractivity contribution in [2.24, 2.45) is 5.92 Å². The molecule has 0 aliphatic carbocycles. The summed E-state index contributed by atoms with van der Waals surface area (Å²) in [6.45, 7) is 6.55. The third kappa shape index (κ3) is 3.02. The van der Waals surface area contributed by atoms with Gasteiger partial charge >= 0.3 is 0 Å². The highest BCUT2D eigenvalue weighted by molar-refractivity contribution is 7.22. The molecule has 1 unspecified atom stereocenters. The van der Waals surface area contributed by atoms with Gasteiger partial charge in [-0.15, -0.1) is 0 Å². The van der Waals surface area contributed by atoms with Crippen molar-refractivity contribution in [2.45, 2.75) is 26.7 Å². The Labute approximate surface area is 129 Å². The summed E-state index contributed by atoms with van der Waals surface area (Å²) in [7, 11) is 0. The van der Waals surface area contributed by atoms with Crippen LogP contribution in [0.2, 0.25) is 0 Å². The smallest absolute Gasteiger partial charge is 0.224 e. The van der Waals surface area contributed by atoms with Crippen LogP contribution in [0.4, 0.5) is 5.13 Å². The molecule has 21 heavy (non-hydrogen) atoms. The molecule has 5 heteroatoms. The summed E-state index contributed by atoms with van der Waals surface area (Å²) >= 11 is 1.73. The number of carbonyl (C=O) groups is 1. The van der Waals surface area contributed by atoms with Crippen LogP contribution in [0.15, 0.2) is 18.2 Å². The second-order valence-electron chi connectivity index (χ2n) is 5.65. The van der Waals surface area contributed by atoms with E-state index in [-0.39, 0.29) is 11.8 Å². The second kappa shape index (κ2) is 6.02. The highest BCUT2D eigenvalue weighted by Gasteiger charge is 2.27. The molecule has 1 aliphatic rings. The number of thiazole rings is 1. The zero-order chi connectivity index (χ0) is 14.8.